The second-order valence-corrected chi connectivity index (χ2v) is 11.3. The summed E-state index contributed by atoms with van der Waals surface area (Å²) in [7, 11) is 0. The van der Waals surface area contributed by atoms with E-state index in [1.165, 1.54) is 18.2 Å². The summed E-state index contributed by atoms with van der Waals surface area (Å²) in [6.07, 6.45) is 5.71. The van der Waals surface area contributed by atoms with Gasteiger partial charge in [0, 0.05) is 38.1 Å². The quantitative estimate of drug-likeness (QED) is 0.393. The van der Waals surface area contributed by atoms with E-state index in [-0.39, 0.29) is 29.9 Å². The number of nitrogens with two attached hydrogens (primary N) is 1. The SMILES string of the molecule is C[C@H]1C[C@@H](c2ccncc2CC(=O)c2ccc(F)c(-c3c(F)cc(C4CCOCC4)cc3F)n2)C[C@@H](N)[C@]1(C)O. The van der Waals surface area contributed by atoms with Crippen molar-refractivity contribution in [2.45, 2.75) is 69.4 Å². The number of ketones is 1. The average Bonchev–Trinajstić information content (AvgIpc) is 2.93. The molecule has 1 saturated carbocycles. The van der Waals surface area contributed by atoms with Crippen LogP contribution in [0.15, 0.2) is 42.7 Å². The highest BCUT2D eigenvalue weighted by Crippen LogP contribution is 2.42. The molecule has 2 aromatic heterocycles. The van der Waals surface area contributed by atoms with Crippen LogP contribution in [0.1, 0.15) is 78.5 Å². The van der Waals surface area contributed by atoms with E-state index < -0.39 is 46.1 Å². The summed E-state index contributed by atoms with van der Waals surface area (Å²) >= 11 is 0. The van der Waals surface area contributed by atoms with Crippen molar-refractivity contribution < 1.29 is 27.8 Å². The molecule has 1 aliphatic carbocycles. The van der Waals surface area contributed by atoms with Crippen LogP contribution in [0.5, 0.6) is 0 Å². The van der Waals surface area contributed by atoms with Gasteiger partial charge in [0.15, 0.2) is 5.78 Å². The summed E-state index contributed by atoms with van der Waals surface area (Å²) in [6, 6.07) is 6.09. The first-order valence-corrected chi connectivity index (χ1v) is 13.7. The molecule has 2 fully saturated rings. The minimum Gasteiger partial charge on any atom is -0.388 e. The Labute approximate surface area is 231 Å². The molecule has 40 heavy (non-hydrogen) atoms. The van der Waals surface area contributed by atoms with Crippen molar-refractivity contribution in [2.24, 2.45) is 11.7 Å². The Hall–Kier alpha value is -3.14. The first-order chi connectivity index (χ1) is 19.1. The fraction of sp³-hybridized carbons (Fsp3) is 0.452. The van der Waals surface area contributed by atoms with Crippen molar-refractivity contribution in [1.29, 1.82) is 0 Å². The molecule has 0 bridgehead atoms. The number of halogens is 3. The van der Waals surface area contributed by atoms with Crippen LogP contribution in [-0.2, 0) is 11.2 Å². The standard InChI is InChI=1S/C31H34F3N3O3/c1-17-11-20(15-28(35)31(17,2)39)22-5-8-36-16-21(22)14-27(38)26-4-3-23(32)30(37-26)29-24(33)12-19(13-25(29)34)18-6-9-40-10-7-18/h3-5,8,12-13,16-18,20,28,39H,6-7,9-11,14-15,35H2,1-2H3/t17-,20+,28+,31+/m0/s1. The van der Waals surface area contributed by atoms with Crippen LogP contribution in [0, 0.1) is 23.4 Å². The summed E-state index contributed by atoms with van der Waals surface area (Å²) in [6.45, 7) is 4.73. The third-order valence-electron chi connectivity index (χ3n) is 8.78. The van der Waals surface area contributed by atoms with Gasteiger partial charge in [-0.15, -0.1) is 0 Å². The first kappa shape index (κ1) is 28.4. The molecule has 0 spiro atoms. The molecule has 1 saturated heterocycles. The van der Waals surface area contributed by atoms with Gasteiger partial charge in [-0.1, -0.05) is 6.92 Å². The molecular weight excluding hydrogens is 519 g/mol. The van der Waals surface area contributed by atoms with Gasteiger partial charge in [-0.25, -0.2) is 18.2 Å². The van der Waals surface area contributed by atoms with Gasteiger partial charge in [0.2, 0.25) is 0 Å². The zero-order valence-corrected chi connectivity index (χ0v) is 22.7. The summed E-state index contributed by atoms with van der Waals surface area (Å²) in [5.41, 5.74) is 6.14. The van der Waals surface area contributed by atoms with Crippen molar-refractivity contribution in [3.8, 4) is 11.3 Å². The fourth-order valence-electron chi connectivity index (χ4n) is 6.03. The van der Waals surface area contributed by atoms with Crippen molar-refractivity contribution in [2.75, 3.05) is 13.2 Å². The Morgan fingerprint density at radius 3 is 2.45 bits per heavy atom. The maximum absolute atomic E-state index is 15.2. The molecule has 5 rings (SSSR count). The summed E-state index contributed by atoms with van der Waals surface area (Å²) < 4.78 is 50.5. The molecule has 6 nitrogen and oxygen atoms in total. The van der Waals surface area contributed by atoms with E-state index in [2.05, 4.69) is 9.97 Å². The van der Waals surface area contributed by atoms with E-state index in [0.29, 0.717) is 50.0 Å². The summed E-state index contributed by atoms with van der Waals surface area (Å²) in [5, 5.41) is 10.7. The number of pyridine rings is 2. The Balaban J connectivity index is 1.41. The number of aromatic nitrogens is 2. The molecule has 1 aromatic carbocycles. The average molecular weight is 554 g/mol. The maximum atomic E-state index is 15.2. The number of rotatable bonds is 6. The highest BCUT2D eigenvalue weighted by Gasteiger charge is 2.42. The zero-order chi connectivity index (χ0) is 28.6. The van der Waals surface area contributed by atoms with Crippen molar-refractivity contribution in [1.82, 2.24) is 9.97 Å². The number of hydrogen-bond acceptors (Lipinski definition) is 6. The van der Waals surface area contributed by atoms with Gasteiger partial charge in [0.1, 0.15) is 28.8 Å². The first-order valence-electron chi connectivity index (χ1n) is 13.7. The van der Waals surface area contributed by atoms with Gasteiger partial charge >= 0.3 is 0 Å². The smallest absolute Gasteiger partial charge is 0.185 e. The Kier molecular flexibility index (Phi) is 8.08. The van der Waals surface area contributed by atoms with Crippen LogP contribution in [0.25, 0.3) is 11.3 Å². The molecule has 0 amide bonds. The minimum absolute atomic E-state index is 0.0187. The number of Topliss-reactive ketones (excluding diaryl/α,β-unsaturated/α-hetero) is 1. The molecule has 3 heterocycles. The second-order valence-electron chi connectivity index (χ2n) is 11.3. The molecule has 0 unspecified atom stereocenters. The number of ether oxygens (including phenoxy) is 1. The summed E-state index contributed by atoms with van der Waals surface area (Å²) in [5.74, 6) is -3.29. The highest BCUT2D eigenvalue weighted by molar-refractivity contribution is 5.96. The summed E-state index contributed by atoms with van der Waals surface area (Å²) in [4.78, 5) is 21.6. The van der Waals surface area contributed by atoms with Crippen LogP contribution < -0.4 is 5.73 Å². The lowest BCUT2D eigenvalue weighted by Crippen LogP contribution is -2.54. The molecule has 3 aromatic rings. The van der Waals surface area contributed by atoms with Gasteiger partial charge in [-0.05, 0) is 97.4 Å². The minimum atomic E-state index is -0.985. The topological polar surface area (TPSA) is 98.3 Å². The van der Waals surface area contributed by atoms with Gasteiger partial charge in [-0.3, -0.25) is 9.78 Å². The van der Waals surface area contributed by atoms with Crippen molar-refractivity contribution in [3.63, 3.8) is 0 Å². The Morgan fingerprint density at radius 2 is 1.77 bits per heavy atom. The van der Waals surface area contributed by atoms with Crippen LogP contribution >= 0.6 is 0 Å². The molecule has 2 aliphatic rings. The molecule has 9 heteroatoms. The van der Waals surface area contributed by atoms with Crippen molar-refractivity contribution >= 4 is 5.78 Å². The van der Waals surface area contributed by atoms with Gasteiger partial charge in [0.05, 0.1) is 11.2 Å². The number of hydrogen-bond donors (Lipinski definition) is 2. The zero-order valence-electron chi connectivity index (χ0n) is 22.7. The Bertz CT molecular complexity index is 1370. The third kappa shape index (κ3) is 5.55. The lowest BCUT2D eigenvalue weighted by molar-refractivity contribution is -0.0464. The lowest BCUT2D eigenvalue weighted by Gasteiger charge is -2.44. The molecular formula is C31H34F3N3O3. The van der Waals surface area contributed by atoms with Crippen LogP contribution in [-0.4, -0.2) is 45.7 Å². The number of carbonyl (C=O) groups is 1. The fourth-order valence-corrected chi connectivity index (χ4v) is 6.03. The largest absolute Gasteiger partial charge is 0.388 e. The van der Waals surface area contributed by atoms with E-state index >= 15 is 8.78 Å². The number of carbonyl (C=O) groups excluding carboxylic acids is 1. The van der Waals surface area contributed by atoms with E-state index in [4.69, 9.17) is 10.5 Å². The molecule has 0 radical (unpaired) electrons. The molecule has 1 aliphatic heterocycles. The van der Waals surface area contributed by atoms with Gasteiger partial charge in [0.25, 0.3) is 0 Å². The van der Waals surface area contributed by atoms with Gasteiger partial charge < -0.3 is 15.6 Å². The van der Waals surface area contributed by atoms with Crippen molar-refractivity contribution in [3.05, 3.63) is 82.6 Å². The number of nitrogens with zero attached hydrogens (tertiary/aromatic N) is 2. The third-order valence-corrected chi connectivity index (χ3v) is 8.78. The highest BCUT2D eigenvalue weighted by atomic mass is 19.1. The van der Waals surface area contributed by atoms with Crippen LogP contribution in [0.3, 0.4) is 0 Å². The van der Waals surface area contributed by atoms with Crippen LogP contribution in [0.4, 0.5) is 13.2 Å². The maximum Gasteiger partial charge on any atom is 0.185 e. The predicted octanol–water partition coefficient (Wildman–Crippen LogP) is 5.47. The normalized spacial score (nSPS) is 25.6. The molecule has 4 atom stereocenters. The van der Waals surface area contributed by atoms with E-state index in [0.717, 1.165) is 11.6 Å². The van der Waals surface area contributed by atoms with Gasteiger partial charge in [-0.2, -0.15) is 0 Å². The lowest BCUT2D eigenvalue weighted by atomic mass is 9.67. The van der Waals surface area contributed by atoms with Crippen LogP contribution in [0.2, 0.25) is 0 Å². The molecule has 212 valence electrons. The number of aliphatic hydroxyl groups is 1. The van der Waals surface area contributed by atoms with E-state index in [9.17, 15) is 14.3 Å². The predicted molar refractivity (Wildman–Crippen MR) is 144 cm³/mol. The monoisotopic (exact) mass is 553 g/mol. The van der Waals surface area contributed by atoms with E-state index in [1.807, 2.05) is 13.0 Å². The number of benzene rings is 1. The van der Waals surface area contributed by atoms with E-state index in [1.54, 1.807) is 19.3 Å². The Morgan fingerprint density at radius 1 is 1.07 bits per heavy atom. The molecule has 3 N–H and O–H groups in total. The second kappa shape index (κ2) is 11.4.